The Morgan fingerprint density at radius 2 is 1.78 bits per heavy atom. The van der Waals surface area contributed by atoms with Crippen LogP contribution in [0.5, 0.6) is 5.75 Å². The summed E-state index contributed by atoms with van der Waals surface area (Å²) in [6, 6.07) is 18.4. The Labute approximate surface area is 160 Å². The third-order valence-corrected chi connectivity index (χ3v) is 4.64. The minimum absolute atomic E-state index is 0.194. The van der Waals surface area contributed by atoms with E-state index in [9.17, 15) is 9.59 Å². The van der Waals surface area contributed by atoms with Gasteiger partial charge in [-0.2, -0.15) is 0 Å². The summed E-state index contributed by atoms with van der Waals surface area (Å²) in [4.78, 5) is 24.3. The first kappa shape index (κ1) is 18.6. The number of thioether (sulfide) groups is 1. The van der Waals surface area contributed by atoms with E-state index in [2.05, 4.69) is 5.32 Å². The van der Waals surface area contributed by atoms with Crippen molar-refractivity contribution in [2.75, 3.05) is 11.9 Å². The van der Waals surface area contributed by atoms with Crippen LogP contribution in [0.2, 0.25) is 0 Å². The van der Waals surface area contributed by atoms with Crippen LogP contribution in [0.4, 0.5) is 5.69 Å². The first-order valence-electron chi connectivity index (χ1n) is 8.18. The molecule has 0 spiro atoms. The van der Waals surface area contributed by atoms with Gasteiger partial charge in [-0.25, -0.2) is 0 Å². The fourth-order valence-electron chi connectivity index (χ4n) is 2.30. The number of carbonyl (C=O) groups is 2. The Kier molecular flexibility index (Phi) is 6.17. The van der Waals surface area contributed by atoms with E-state index in [1.807, 2.05) is 30.3 Å². The molecular weight excluding hydrogens is 364 g/mol. The molecular formula is C20H18N2O4S. The fraction of sp³-hybridized carbons (Fsp3) is 0.100. The number of furan rings is 1. The summed E-state index contributed by atoms with van der Waals surface area (Å²) in [6.07, 6.45) is 1.51. The van der Waals surface area contributed by atoms with Gasteiger partial charge in [-0.05, 0) is 42.5 Å². The quantitative estimate of drug-likeness (QED) is 0.580. The number of hydrogen-bond donors (Lipinski definition) is 2. The van der Waals surface area contributed by atoms with Crippen molar-refractivity contribution in [3.63, 3.8) is 0 Å². The molecule has 1 aromatic heterocycles. The molecule has 0 radical (unpaired) electrons. The molecule has 0 unspecified atom stereocenters. The third-order valence-electron chi connectivity index (χ3n) is 3.58. The van der Waals surface area contributed by atoms with Crippen molar-refractivity contribution in [2.24, 2.45) is 5.73 Å². The van der Waals surface area contributed by atoms with Crippen LogP contribution in [0.25, 0.3) is 0 Å². The van der Waals surface area contributed by atoms with Crippen molar-refractivity contribution in [3.05, 3.63) is 78.3 Å². The molecule has 1 heterocycles. The highest BCUT2D eigenvalue weighted by molar-refractivity contribution is 7.98. The van der Waals surface area contributed by atoms with Crippen LogP contribution >= 0.6 is 11.8 Å². The maximum atomic E-state index is 12.5. The Bertz CT molecular complexity index is 907. The number of nitrogens with one attached hydrogen (secondary N) is 1. The highest BCUT2D eigenvalue weighted by Crippen LogP contribution is 2.25. The smallest absolute Gasteiger partial charge is 0.291 e. The molecule has 7 heteroatoms. The fourth-order valence-corrected chi connectivity index (χ4v) is 3.20. The second-order valence-electron chi connectivity index (χ2n) is 5.61. The Balaban J connectivity index is 1.60. The summed E-state index contributed by atoms with van der Waals surface area (Å²) in [5.41, 5.74) is 6.44. The standard InChI is InChI=1S/C20H18N2O4S/c21-18(23)12-26-16-8-6-15(7-9-16)22-20(24)19-14(10-11-25-19)13-27-17-4-2-1-3-5-17/h1-11H,12-13H2,(H2,21,23)(H,22,24). The summed E-state index contributed by atoms with van der Waals surface area (Å²) < 4.78 is 10.6. The Morgan fingerprint density at radius 1 is 1.04 bits per heavy atom. The van der Waals surface area contributed by atoms with E-state index >= 15 is 0 Å². The van der Waals surface area contributed by atoms with Crippen molar-refractivity contribution in [1.29, 1.82) is 0 Å². The number of ether oxygens (including phenoxy) is 1. The zero-order valence-corrected chi connectivity index (χ0v) is 15.2. The molecule has 27 heavy (non-hydrogen) atoms. The molecule has 0 bridgehead atoms. The van der Waals surface area contributed by atoms with Gasteiger partial charge < -0.3 is 20.2 Å². The lowest BCUT2D eigenvalue weighted by atomic mass is 10.2. The number of nitrogens with two attached hydrogens (primary N) is 1. The maximum Gasteiger partial charge on any atom is 0.291 e. The van der Waals surface area contributed by atoms with E-state index in [1.54, 1.807) is 42.1 Å². The van der Waals surface area contributed by atoms with Crippen molar-refractivity contribution in [1.82, 2.24) is 0 Å². The molecule has 3 rings (SSSR count). The van der Waals surface area contributed by atoms with Crippen molar-refractivity contribution in [2.45, 2.75) is 10.6 Å². The molecule has 0 aliphatic rings. The van der Waals surface area contributed by atoms with Gasteiger partial charge in [0.15, 0.2) is 12.4 Å². The van der Waals surface area contributed by atoms with E-state index in [0.29, 0.717) is 17.2 Å². The highest BCUT2D eigenvalue weighted by atomic mass is 32.2. The van der Waals surface area contributed by atoms with Gasteiger partial charge >= 0.3 is 0 Å². The second kappa shape index (κ2) is 8.95. The summed E-state index contributed by atoms with van der Waals surface area (Å²) in [5.74, 6) is 0.529. The zero-order valence-electron chi connectivity index (χ0n) is 14.4. The predicted molar refractivity (Wildman–Crippen MR) is 104 cm³/mol. The average molecular weight is 382 g/mol. The van der Waals surface area contributed by atoms with Gasteiger partial charge in [0.25, 0.3) is 11.8 Å². The van der Waals surface area contributed by atoms with E-state index in [-0.39, 0.29) is 18.3 Å². The van der Waals surface area contributed by atoms with Crippen LogP contribution in [-0.4, -0.2) is 18.4 Å². The molecule has 0 aliphatic carbocycles. The topological polar surface area (TPSA) is 94.6 Å². The van der Waals surface area contributed by atoms with E-state index < -0.39 is 5.91 Å². The molecule has 0 saturated heterocycles. The molecule has 0 atom stereocenters. The van der Waals surface area contributed by atoms with Gasteiger partial charge in [-0.3, -0.25) is 9.59 Å². The van der Waals surface area contributed by atoms with Gasteiger partial charge in [-0.15, -0.1) is 11.8 Å². The lowest BCUT2D eigenvalue weighted by Crippen LogP contribution is -2.20. The molecule has 2 amide bonds. The molecule has 6 nitrogen and oxygen atoms in total. The second-order valence-corrected chi connectivity index (χ2v) is 6.66. The van der Waals surface area contributed by atoms with Crippen LogP contribution in [0.3, 0.4) is 0 Å². The van der Waals surface area contributed by atoms with Crippen molar-refractivity contribution < 1.29 is 18.7 Å². The molecule has 3 N–H and O–H groups in total. The first-order valence-corrected chi connectivity index (χ1v) is 9.17. The van der Waals surface area contributed by atoms with Gasteiger partial charge in [0.05, 0.1) is 6.26 Å². The minimum Gasteiger partial charge on any atom is -0.484 e. The average Bonchev–Trinajstić information content (AvgIpc) is 3.15. The first-order chi connectivity index (χ1) is 13.1. The minimum atomic E-state index is -0.550. The van der Waals surface area contributed by atoms with E-state index in [1.165, 1.54) is 6.26 Å². The molecule has 2 aromatic carbocycles. The van der Waals surface area contributed by atoms with E-state index in [4.69, 9.17) is 14.9 Å². The molecule has 3 aromatic rings. The van der Waals surface area contributed by atoms with Gasteiger partial charge in [0.2, 0.25) is 0 Å². The van der Waals surface area contributed by atoms with E-state index in [0.717, 1.165) is 10.5 Å². The summed E-state index contributed by atoms with van der Waals surface area (Å²) in [6.45, 7) is -0.194. The van der Waals surface area contributed by atoms with Crippen LogP contribution in [-0.2, 0) is 10.5 Å². The van der Waals surface area contributed by atoms with Crippen LogP contribution < -0.4 is 15.8 Å². The summed E-state index contributed by atoms with van der Waals surface area (Å²) in [5, 5.41) is 2.79. The number of rotatable bonds is 8. The number of amides is 2. The number of anilines is 1. The number of benzene rings is 2. The van der Waals surface area contributed by atoms with Crippen molar-refractivity contribution >= 4 is 29.3 Å². The van der Waals surface area contributed by atoms with Gasteiger partial charge in [0.1, 0.15) is 5.75 Å². The Hall–Kier alpha value is -3.19. The van der Waals surface area contributed by atoms with Crippen molar-refractivity contribution in [3.8, 4) is 5.75 Å². The predicted octanol–water partition coefficient (Wildman–Crippen LogP) is 3.69. The molecule has 0 saturated carbocycles. The monoisotopic (exact) mass is 382 g/mol. The normalized spacial score (nSPS) is 10.4. The maximum absolute atomic E-state index is 12.5. The summed E-state index contributed by atoms with van der Waals surface area (Å²) >= 11 is 1.63. The number of hydrogen-bond acceptors (Lipinski definition) is 5. The zero-order chi connectivity index (χ0) is 19.1. The largest absolute Gasteiger partial charge is 0.484 e. The van der Waals surface area contributed by atoms with Crippen LogP contribution in [0.1, 0.15) is 16.1 Å². The van der Waals surface area contributed by atoms with Crippen LogP contribution in [0.15, 0.2) is 76.2 Å². The SMILES string of the molecule is NC(=O)COc1ccc(NC(=O)c2occc2CSc2ccccc2)cc1. The lowest BCUT2D eigenvalue weighted by Gasteiger charge is -2.07. The highest BCUT2D eigenvalue weighted by Gasteiger charge is 2.16. The van der Waals surface area contributed by atoms with Gasteiger partial charge in [0, 0.05) is 21.9 Å². The molecule has 0 aliphatic heterocycles. The van der Waals surface area contributed by atoms with Gasteiger partial charge in [-0.1, -0.05) is 18.2 Å². The van der Waals surface area contributed by atoms with Crippen LogP contribution in [0, 0.1) is 0 Å². The lowest BCUT2D eigenvalue weighted by molar-refractivity contribution is -0.119. The Morgan fingerprint density at radius 3 is 2.48 bits per heavy atom. The summed E-state index contributed by atoms with van der Waals surface area (Å²) in [7, 11) is 0. The molecule has 138 valence electrons. The molecule has 0 fully saturated rings. The number of primary amides is 1. The third kappa shape index (κ3) is 5.39. The number of carbonyl (C=O) groups excluding carboxylic acids is 2.